The van der Waals surface area contributed by atoms with Gasteiger partial charge in [0.1, 0.15) is 19.3 Å². The minimum absolute atomic E-state index is 0.106. The van der Waals surface area contributed by atoms with Crippen molar-refractivity contribution in [1.82, 2.24) is 0 Å². The average Bonchev–Trinajstić information content (AvgIpc) is 1.40. The van der Waals surface area contributed by atoms with Gasteiger partial charge in [-0.1, -0.05) is 331 Å². The first kappa shape index (κ1) is 92.1. The summed E-state index contributed by atoms with van der Waals surface area (Å²) < 4.78 is 68.5. The van der Waals surface area contributed by atoms with E-state index in [1.54, 1.807) is 0 Å². The molecule has 0 heterocycles. The van der Waals surface area contributed by atoms with E-state index in [-0.39, 0.29) is 25.7 Å². The van der Waals surface area contributed by atoms with E-state index in [2.05, 4.69) is 48.5 Å². The highest BCUT2D eigenvalue weighted by Crippen LogP contribution is 2.45. The van der Waals surface area contributed by atoms with Crippen molar-refractivity contribution in [1.29, 1.82) is 0 Å². The highest BCUT2D eigenvalue weighted by molar-refractivity contribution is 7.47. The molecule has 0 aliphatic rings. The minimum Gasteiger partial charge on any atom is -0.462 e. The van der Waals surface area contributed by atoms with Crippen molar-refractivity contribution in [3.63, 3.8) is 0 Å². The first-order chi connectivity index (χ1) is 45.2. The monoisotopic (exact) mass is 1380 g/mol. The second-order valence-electron chi connectivity index (χ2n) is 28.5. The van der Waals surface area contributed by atoms with Crippen LogP contribution in [-0.4, -0.2) is 96.7 Å². The lowest BCUT2D eigenvalue weighted by molar-refractivity contribution is -0.161. The summed E-state index contributed by atoms with van der Waals surface area (Å²) in [4.78, 5) is 72.8. The summed E-state index contributed by atoms with van der Waals surface area (Å²) in [6.07, 6.45) is 51.3. The highest BCUT2D eigenvalue weighted by Gasteiger charge is 2.30. The van der Waals surface area contributed by atoms with Gasteiger partial charge in [0.15, 0.2) is 12.2 Å². The number of esters is 4. The molecule has 0 aliphatic heterocycles. The van der Waals surface area contributed by atoms with Crippen molar-refractivity contribution in [3.05, 3.63) is 0 Å². The van der Waals surface area contributed by atoms with E-state index in [1.807, 2.05) is 0 Å². The van der Waals surface area contributed by atoms with Gasteiger partial charge in [0.2, 0.25) is 0 Å². The van der Waals surface area contributed by atoms with Crippen LogP contribution in [0.4, 0.5) is 0 Å². The van der Waals surface area contributed by atoms with Crippen LogP contribution in [0.25, 0.3) is 0 Å². The number of rotatable bonds is 73. The highest BCUT2D eigenvalue weighted by atomic mass is 31.2. The number of carbonyl (C=O) groups is 4. The summed E-state index contributed by atoms with van der Waals surface area (Å²) in [6.45, 7) is 11.9. The molecule has 0 rings (SSSR count). The van der Waals surface area contributed by atoms with Gasteiger partial charge in [0, 0.05) is 25.7 Å². The largest absolute Gasteiger partial charge is 0.472 e. The smallest absolute Gasteiger partial charge is 0.462 e. The Hall–Kier alpha value is -1.94. The fourth-order valence-corrected chi connectivity index (χ4v) is 13.0. The van der Waals surface area contributed by atoms with Crippen molar-refractivity contribution in [2.75, 3.05) is 39.6 Å². The number of ether oxygens (including phenoxy) is 4. The molecule has 3 N–H and O–H groups in total. The first-order valence-electron chi connectivity index (χ1n) is 38.8. The van der Waals surface area contributed by atoms with Gasteiger partial charge < -0.3 is 33.8 Å². The van der Waals surface area contributed by atoms with Crippen LogP contribution < -0.4 is 0 Å². The molecule has 0 saturated heterocycles. The Morgan fingerprint density at radius 3 is 0.723 bits per heavy atom. The Labute approximate surface area is 575 Å². The number of aliphatic hydroxyl groups excluding tert-OH is 1. The van der Waals surface area contributed by atoms with Crippen molar-refractivity contribution in [2.24, 2.45) is 17.8 Å². The maximum atomic E-state index is 13.1. The van der Waals surface area contributed by atoms with Gasteiger partial charge in [-0.05, 0) is 43.4 Å². The Bertz CT molecular complexity index is 1840. The van der Waals surface area contributed by atoms with Gasteiger partial charge in [-0.15, -0.1) is 0 Å². The summed E-state index contributed by atoms with van der Waals surface area (Å²) >= 11 is 0. The molecule has 0 fully saturated rings. The predicted octanol–water partition coefficient (Wildman–Crippen LogP) is 21.8. The Balaban J connectivity index is 5.24. The Morgan fingerprint density at radius 2 is 0.489 bits per heavy atom. The lowest BCUT2D eigenvalue weighted by Crippen LogP contribution is -2.30. The molecule has 0 bridgehead atoms. The van der Waals surface area contributed by atoms with Crippen LogP contribution in [0, 0.1) is 17.8 Å². The van der Waals surface area contributed by atoms with E-state index < -0.39 is 97.5 Å². The van der Waals surface area contributed by atoms with Crippen molar-refractivity contribution < 1.29 is 80.2 Å². The van der Waals surface area contributed by atoms with E-state index in [9.17, 15) is 43.2 Å². The molecule has 0 saturated carbocycles. The molecular weight excluding hydrogens is 1230 g/mol. The fourth-order valence-electron chi connectivity index (χ4n) is 11.4. The zero-order chi connectivity index (χ0) is 69.4. The van der Waals surface area contributed by atoms with Gasteiger partial charge in [-0.25, -0.2) is 9.13 Å². The van der Waals surface area contributed by atoms with E-state index in [0.29, 0.717) is 25.7 Å². The molecular formula is C75H146O17P2. The molecule has 0 aromatic rings. The normalized spacial score (nSPS) is 14.1. The molecule has 2 unspecified atom stereocenters. The van der Waals surface area contributed by atoms with Crippen LogP contribution in [0.1, 0.15) is 382 Å². The van der Waals surface area contributed by atoms with Gasteiger partial charge in [0.25, 0.3) is 0 Å². The number of aliphatic hydroxyl groups is 1. The summed E-state index contributed by atoms with van der Waals surface area (Å²) in [6, 6.07) is 0. The van der Waals surface area contributed by atoms with Gasteiger partial charge in [-0.2, -0.15) is 0 Å². The minimum atomic E-state index is -4.96. The third-order valence-corrected chi connectivity index (χ3v) is 19.3. The van der Waals surface area contributed by atoms with E-state index in [0.717, 1.165) is 108 Å². The number of unbranched alkanes of at least 4 members (excludes halogenated alkanes) is 41. The Kier molecular flexibility index (Phi) is 64.3. The number of phosphoric acid groups is 2. The zero-order valence-electron chi connectivity index (χ0n) is 61.4. The second kappa shape index (κ2) is 65.7. The van der Waals surface area contributed by atoms with Gasteiger partial charge in [0.05, 0.1) is 26.4 Å². The second-order valence-corrected chi connectivity index (χ2v) is 31.4. The SMILES string of the molecule is CCCCCCCCCCCCC(=O)OC[C@H](COP(=O)(O)OC[C@H](O)COP(=O)(O)OC[C@@H](COC(=O)CCCCCCCCCCCCC(C)C)OC(=O)CCCCCCCCCCCCCCCCCC(C)C)OC(=O)CCCCCCCCCCCCC(C)C. The van der Waals surface area contributed by atoms with Crippen LogP contribution in [-0.2, 0) is 65.4 Å². The zero-order valence-corrected chi connectivity index (χ0v) is 63.2. The summed E-state index contributed by atoms with van der Waals surface area (Å²) in [7, 11) is -9.91. The number of carbonyl (C=O) groups excluding carboxylic acids is 4. The average molecular weight is 1380 g/mol. The van der Waals surface area contributed by atoms with Crippen LogP contribution in [0.3, 0.4) is 0 Å². The summed E-state index contributed by atoms with van der Waals surface area (Å²) in [5, 5.41) is 10.6. The molecule has 0 aliphatic carbocycles. The quantitative estimate of drug-likeness (QED) is 0.0222. The molecule has 19 heteroatoms. The standard InChI is InChI=1S/C75H146O17P2/c1-8-9-10-11-12-13-28-35-42-49-56-72(77)85-62-70(92-75(80)59-52-45-38-31-24-22-27-34-41-48-55-68(6)7)64-89-93(81,82)87-60-69(76)61-88-94(83,84)90-65-71(63-86-73(78)57-50-43-36-29-23-21-26-33-40-47-54-67(4)5)91-74(79)58-51-44-37-30-20-18-16-14-15-17-19-25-32-39-46-53-66(2)3/h66-71,76H,8-65H2,1-7H3,(H,81,82)(H,83,84)/t69-,70+,71+/m0/s1. The van der Waals surface area contributed by atoms with E-state index in [1.165, 1.54) is 193 Å². The molecule has 558 valence electrons. The van der Waals surface area contributed by atoms with Crippen molar-refractivity contribution in [2.45, 2.75) is 401 Å². The molecule has 0 amide bonds. The maximum absolute atomic E-state index is 13.1. The Morgan fingerprint density at radius 1 is 0.287 bits per heavy atom. The molecule has 0 aromatic carbocycles. The van der Waals surface area contributed by atoms with Crippen LogP contribution in [0.2, 0.25) is 0 Å². The van der Waals surface area contributed by atoms with Crippen LogP contribution in [0.15, 0.2) is 0 Å². The lowest BCUT2D eigenvalue weighted by atomic mass is 10.0. The fraction of sp³-hybridized carbons (Fsp3) is 0.947. The van der Waals surface area contributed by atoms with E-state index >= 15 is 0 Å². The number of phosphoric ester groups is 2. The number of hydrogen-bond acceptors (Lipinski definition) is 15. The van der Waals surface area contributed by atoms with Crippen LogP contribution in [0.5, 0.6) is 0 Å². The molecule has 0 spiro atoms. The third kappa shape index (κ3) is 68.6. The summed E-state index contributed by atoms with van der Waals surface area (Å²) in [5.41, 5.74) is 0. The predicted molar refractivity (Wildman–Crippen MR) is 381 cm³/mol. The molecule has 0 radical (unpaired) electrons. The molecule has 0 aromatic heterocycles. The third-order valence-electron chi connectivity index (χ3n) is 17.4. The number of hydrogen-bond donors (Lipinski definition) is 3. The topological polar surface area (TPSA) is 237 Å². The van der Waals surface area contributed by atoms with E-state index in [4.69, 9.17) is 37.0 Å². The van der Waals surface area contributed by atoms with Crippen molar-refractivity contribution in [3.8, 4) is 0 Å². The maximum Gasteiger partial charge on any atom is 0.472 e. The first-order valence-corrected chi connectivity index (χ1v) is 41.8. The molecule has 17 nitrogen and oxygen atoms in total. The van der Waals surface area contributed by atoms with Crippen LogP contribution >= 0.6 is 15.6 Å². The molecule has 5 atom stereocenters. The lowest BCUT2D eigenvalue weighted by Gasteiger charge is -2.21. The van der Waals surface area contributed by atoms with Gasteiger partial charge in [-0.3, -0.25) is 37.3 Å². The molecule has 94 heavy (non-hydrogen) atoms. The van der Waals surface area contributed by atoms with Gasteiger partial charge >= 0.3 is 39.5 Å². The van der Waals surface area contributed by atoms with Crippen molar-refractivity contribution >= 4 is 39.5 Å². The summed E-state index contributed by atoms with van der Waals surface area (Å²) in [5.74, 6) is 0.194.